The van der Waals surface area contributed by atoms with E-state index in [1.54, 1.807) is 0 Å². The fraction of sp³-hybridized carbons (Fsp3) is 0.632. The number of ether oxygens (including phenoxy) is 1. The first-order valence-corrected chi connectivity index (χ1v) is 10.3. The lowest BCUT2D eigenvalue weighted by Crippen LogP contribution is -2.41. The van der Waals surface area contributed by atoms with Crippen molar-refractivity contribution in [3.63, 3.8) is 0 Å². The smallest absolute Gasteiger partial charge is 0.461 e. The number of hydrogen-bond donors (Lipinski definition) is 0. The minimum atomic E-state index is -0.564. The average molecular weight is 436 g/mol. The van der Waals surface area contributed by atoms with Gasteiger partial charge in [-0.2, -0.15) is 0 Å². The molecule has 0 saturated carbocycles. The molecular formula is C19H26BCl3O4. The van der Waals surface area contributed by atoms with E-state index in [1.165, 1.54) is 12.1 Å². The number of rotatable bonds is 7. The van der Waals surface area contributed by atoms with Gasteiger partial charge in [0.25, 0.3) is 0 Å². The summed E-state index contributed by atoms with van der Waals surface area (Å²) < 4.78 is 17.7. The highest BCUT2D eigenvalue weighted by Crippen LogP contribution is 2.42. The molecule has 1 aromatic rings. The van der Waals surface area contributed by atoms with Gasteiger partial charge in [-0.05, 0) is 52.1 Å². The van der Waals surface area contributed by atoms with Gasteiger partial charge in [0.1, 0.15) is 0 Å². The maximum atomic E-state index is 12.4. The van der Waals surface area contributed by atoms with Crippen LogP contribution in [0.15, 0.2) is 12.1 Å². The molecule has 150 valence electrons. The Morgan fingerprint density at radius 2 is 1.59 bits per heavy atom. The summed E-state index contributed by atoms with van der Waals surface area (Å²) in [5.41, 5.74) is -0.638. The Hall–Kier alpha value is -0.455. The Kier molecular flexibility index (Phi) is 7.54. The van der Waals surface area contributed by atoms with E-state index in [-0.39, 0.29) is 46.4 Å². The largest absolute Gasteiger partial charge is 0.462 e. The van der Waals surface area contributed by atoms with Gasteiger partial charge < -0.3 is 14.0 Å². The van der Waals surface area contributed by atoms with Gasteiger partial charge in [-0.25, -0.2) is 4.79 Å². The van der Waals surface area contributed by atoms with Crippen molar-refractivity contribution in [2.24, 2.45) is 0 Å². The lowest BCUT2D eigenvalue weighted by molar-refractivity contribution is 0.00578. The molecule has 0 amide bonds. The lowest BCUT2D eigenvalue weighted by atomic mass is 9.68. The van der Waals surface area contributed by atoms with Crippen molar-refractivity contribution >= 4 is 47.9 Å². The van der Waals surface area contributed by atoms with Crippen LogP contribution in [0.1, 0.15) is 64.2 Å². The van der Waals surface area contributed by atoms with Gasteiger partial charge in [0, 0.05) is 5.02 Å². The number of esters is 1. The van der Waals surface area contributed by atoms with E-state index in [0.717, 1.165) is 12.8 Å². The van der Waals surface area contributed by atoms with Crippen LogP contribution >= 0.6 is 34.8 Å². The van der Waals surface area contributed by atoms with E-state index >= 15 is 0 Å². The fourth-order valence-electron chi connectivity index (χ4n) is 2.98. The van der Waals surface area contributed by atoms with Crippen molar-refractivity contribution in [3.05, 3.63) is 32.8 Å². The van der Waals surface area contributed by atoms with Crippen molar-refractivity contribution in [1.82, 2.24) is 0 Å². The molecule has 1 aromatic carbocycles. The Labute approximate surface area is 176 Å². The summed E-state index contributed by atoms with van der Waals surface area (Å²) in [5, 5.41) is 0.715. The van der Waals surface area contributed by atoms with Gasteiger partial charge in [-0.15, -0.1) is 0 Å². The number of carbonyl (C=O) groups excluding carboxylic acids is 1. The molecule has 1 saturated heterocycles. The molecule has 0 aliphatic carbocycles. The van der Waals surface area contributed by atoms with Crippen molar-refractivity contribution < 1.29 is 18.8 Å². The topological polar surface area (TPSA) is 44.8 Å². The minimum Gasteiger partial charge on any atom is -0.462 e. The molecule has 0 unspecified atom stereocenters. The van der Waals surface area contributed by atoms with Crippen LogP contribution in [0.5, 0.6) is 0 Å². The molecule has 0 bridgehead atoms. The van der Waals surface area contributed by atoms with Gasteiger partial charge in [0.05, 0.1) is 33.4 Å². The lowest BCUT2D eigenvalue weighted by Gasteiger charge is -2.32. The summed E-state index contributed by atoms with van der Waals surface area (Å²) >= 11 is 18.0. The molecule has 1 heterocycles. The third-order valence-electron chi connectivity index (χ3n) is 5.25. The molecule has 0 radical (unpaired) electrons. The van der Waals surface area contributed by atoms with Crippen LogP contribution in [0.25, 0.3) is 0 Å². The fourth-order valence-corrected chi connectivity index (χ4v) is 3.95. The second-order valence-electron chi connectivity index (χ2n) is 7.84. The maximum Gasteiger partial charge on any atom is 0.461 e. The van der Waals surface area contributed by atoms with Crippen LogP contribution < -0.4 is 0 Å². The summed E-state index contributed by atoms with van der Waals surface area (Å²) in [7, 11) is -0.323. The Balaban J connectivity index is 1.98. The van der Waals surface area contributed by atoms with Crippen molar-refractivity contribution in [3.8, 4) is 0 Å². The zero-order valence-electron chi connectivity index (χ0n) is 16.4. The van der Waals surface area contributed by atoms with Crippen molar-refractivity contribution in [2.45, 2.75) is 70.9 Å². The zero-order valence-corrected chi connectivity index (χ0v) is 18.7. The summed E-state index contributed by atoms with van der Waals surface area (Å²) in [4.78, 5) is 12.4. The molecule has 1 atom stereocenters. The normalized spacial score (nSPS) is 19.2. The summed E-state index contributed by atoms with van der Waals surface area (Å²) in [6.07, 6.45) is 2.52. The number of halogens is 3. The molecule has 0 spiro atoms. The van der Waals surface area contributed by atoms with Crippen LogP contribution in [0.4, 0.5) is 0 Å². The Bertz CT molecular complexity index is 655. The molecule has 0 aromatic heterocycles. The predicted octanol–water partition coefficient (Wildman–Crippen LogP) is 6.46. The van der Waals surface area contributed by atoms with Crippen LogP contribution in [0, 0.1) is 0 Å². The summed E-state index contributed by atoms with van der Waals surface area (Å²) in [5.74, 6) is -0.439. The minimum absolute atomic E-state index is 0.125. The maximum absolute atomic E-state index is 12.4. The predicted molar refractivity (Wildman–Crippen MR) is 111 cm³/mol. The third kappa shape index (κ3) is 5.33. The molecule has 4 nitrogen and oxygen atoms in total. The van der Waals surface area contributed by atoms with E-state index < -0.39 is 5.97 Å². The van der Waals surface area contributed by atoms with Gasteiger partial charge in [0.15, 0.2) is 0 Å². The quantitative estimate of drug-likeness (QED) is 0.364. The zero-order chi connectivity index (χ0) is 20.4. The molecule has 0 N–H and O–H groups in total. The van der Waals surface area contributed by atoms with E-state index in [1.807, 2.05) is 27.7 Å². The van der Waals surface area contributed by atoms with Gasteiger partial charge in [-0.3, -0.25) is 0 Å². The number of hydrogen-bond acceptors (Lipinski definition) is 4. The molecule has 8 heteroatoms. The molecule has 2 rings (SSSR count). The molecule has 1 fully saturated rings. The van der Waals surface area contributed by atoms with Crippen molar-refractivity contribution in [1.29, 1.82) is 0 Å². The molecule has 27 heavy (non-hydrogen) atoms. The van der Waals surface area contributed by atoms with Crippen LogP contribution in [0.3, 0.4) is 0 Å². The summed E-state index contributed by atoms with van der Waals surface area (Å²) in [6, 6.07) is 2.94. The van der Waals surface area contributed by atoms with Crippen molar-refractivity contribution in [2.75, 3.05) is 6.61 Å². The monoisotopic (exact) mass is 434 g/mol. The van der Waals surface area contributed by atoms with Gasteiger partial charge in [0.2, 0.25) is 0 Å². The molecule has 1 aliphatic heterocycles. The number of carbonyl (C=O) groups is 1. The SMILES string of the molecule is CCC[C@H](CCOC(=O)c1c(Cl)cc(Cl)cc1Cl)B1OC(C)(C)C(C)(C)O1. The van der Waals surface area contributed by atoms with Crippen LogP contribution in [-0.2, 0) is 14.0 Å². The van der Waals surface area contributed by atoms with E-state index in [0.29, 0.717) is 11.4 Å². The van der Waals surface area contributed by atoms with Crippen LogP contribution in [-0.4, -0.2) is 30.9 Å². The standard InChI is InChI=1S/C19H26BCl3O4/c1-6-7-12(20-26-18(2,3)19(4,5)27-20)8-9-25-17(24)16-14(22)10-13(21)11-15(16)23/h10-12H,6-9H2,1-5H3/t12-/m1/s1. The second kappa shape index (κ2) is 8.92. The molecule has 1 aliphatic rings. The highest BCUT2D eigenvalue weighted by molar-refractivity contribution is 6.47. The van der Waals surface area contributed by atoms with Gasteiger partial charge in [-0.1, -0.05) is 54.6 Å². The molecular weight excluding hydrogens is 409 g/mol. The highest BCUT2D eigenvalue weighted by Gasteiger charge is 2.53. The highest BCUT2D eigenvalue weighted by atomic mass is 35.5. The van der Waals surface area contributed by atoms with E-state index in [2.05, 4.69) is 6.92 Å². The Morgan fingerprint density at radius 1 is 1.07 bits per heavy atom. The Morgan fingerprint density at radius 3 is 2.07 bits per heavy atom. The second-order valence-corrected chi connectivity index (χ2v) is 9.09. The van der Waals surface area contributed by atoms with E-state index in [9.17, 15) is 4.79 Å². The summed E-state index contributed by atoms with van der Waals surface area (Å²) in [6.45, 7) is 10.4. The van der Waals surface area contributed by atoms with Crippen LogP contribution in [0.2, 0.25) is 20.9 Å². The first-order chi connectivity index (χ1) is 12.5. The van der Waals surface area contributed by atoms with Gasteiger partial charge >= 0.3 is 13.1 Å². The average Bonchev–Trinajstić information content (AvgIpc) is 2.73. The third-order valence-corrected chi connectivity index (χ3v) is 6.06. The van der Waals surface area contributed by atoms with E-state index in [4.69, 9.17) is 48.8 Å². The first-order valence-electron chi connectivity index (χ1n) is 9.16. The first kappa shape index (κ1) is 22.8. The number of benzene rings is 1.